The van der Waals surface area contributed by atoms with Crippen molar-refractivity contribution in [3.8, 4) is 17.5 Å². The molecule has 0 saturated heterocycles. The Labute approximate surface area is 150 Å². The first-order valence-electron chi connectivity index (χ1n) is 7.97. The fourth-order valence-corrected chi connectivity index (χ4v) is 3.25. The van der Waals surface area contributed by atoms with E-state index < -0.39 is 0 Å². The molecule has 0 fully saturated rings. The Morgan fingerprint density at radius 1 is 1.12 bits per heavy atom. The maximum Gasteiger partial charge on any atom is 0.192 e. The van der Waals surface area contributed by atoms with Gasteiger partial charge in [-0.3, -0.25) is 0 Å². The number of nitrogens with zero attached hydrogens (tertiary/aromatic N) is 4. The van der Waals surface area contributed by atoms with E-state index in [1.807, 2.05) is 29.7 Å². The van der Waals surface area contributed by atoms with Crippen LogP contribution < -0.4 is 0 Å². The van der Waals surface area contributed by atoms with Crippen LogP contribution in [0.25, 0.3) is 11.4 Å². The summed E-state index contributed by atoms with van der Waals surface area (Å²) < 4.78 is 16.1. The highest BCUT2D eigenvalue weighted by Gasteiger charge is 2.18. The van der Waals surface area contributed by atoms with Crippen molar-refractivity contribution in [1.82, 2.24) is 14.8 Å². The highest BCUT2D eigenvalue weighted by molar-refractivity contribution is 8.00. The quantitative estimate of drug-likeness (QED) is 0.620. The number of hydrogen-bond acceptors (Lipinski definition) is 4. The summed E-state index contributed by atoms with van der Waals surface area (Å²) in [5.41, 5.74) is 1.60. The van der Waals surface area contributed by atoms with Crippen LogP contribution in [0.1, 0.15) is 12.5 Å². The zero-order chi connectivity index (χ0) is 17.6. The molecule has 1 unspecified atom stereocenters. The number of halogens is 1. The lowest BCUT2D eigenvalue weighted by Crippen LogP contribution is -2.07. The van der Waals surface area contributed by atoms with Crippen molar-refractivity contribution >= 4 is 11.8 Å². The molecule has 0 aliphatic rings. The van der Waals surface area contributed by atoms with Crippen LogP contribution in [-0.2, 0) is 13.0 Å². The molecule has 2 aromatic carbocycles. The van der Waals surface area contributed by atoms with Crippen molar-refractivity contribution in [3.63, 3.8) is 0 Å². The Balaban J connectivity index is 1.95. The minimum Gasteiger partial charge on any atom is -0.302 e. The number of hydrogen-bond donors (Lipinski definition) is 0. The van der Waals surface area contributed by atoms with Gasteiger partial charge in [0.1, 0.15) is 5.82 Å². The van der Waals surface area contributed by atoms with Crippen molar-refractivity contribution in [2.45, 2.75) is 30.3 Å². The van der Waals surface area contributed by atoms with E-state index in [4.69, 9.17) is 5.26 Å². The van der Waals surface area contributed by atoms with Crippen LogP contribution in [0.5, 0.6) is 0 Å². The third kappa shape index (κ3) is 4.06. The van der Waals surface area contributed by atoms with E-state index >= 15 is 0 Å². The van der Waals surface area contributed by atoms with Crippen LogP contribution in [0.3, 0.4) is 0 Å². The standard InChI is InChI=1S/C19H17FN4S/c1-14(13-21)25-19-23-22-18(16-9-5-6-10-17(16)20)24(19)12-11-15-7-3-2-4-8-15/h2-10,14H,11-12H2,1H3. The molecule has 4 nitrogen and oxygen atoms in total. The summed E-state index contributed by atoms with van der Waals surface area (Å²) in [5, 5.41) is 17.8. The molecule has 0 radical (unpaired) electrons. The second-order valence-corrected chi connectivity index (χ2v) is 6.87. The molecule has 0 saturated carbocycles. The number of aromatic nitrogens is 3. The van der Waals surface area contributed by atoms with Gasteiger partial charge in [-0.05, 0) is 31.0 Å². The third-order valence-electron chi connectivity index (χ3n) is 3.76. The zero-order valence-electron chi connectivity index (χ0n) is 13.8. The minimum absolute atomic E-state index is 0.256. The normalized spacial score (nSPS) is 11.9. The van der Waals surface area contributed by atoms with Crippen molar-refractivity contribution < 1.29 is 4.39 Å². The van der Waals surface area contributed by atoms with Gasteiger partial charge in [0.05, 0.1) is 16.9 Å². The molecule has 1 aromatic heterocycles. The van der Waals surface area contributed by atoms with Crippen LogP contribution in [0.2, 0.25) is 0 Å². The first kappa shape index (κ1) is 17.2. The summed E-state index contributed by atoms with van der Waals surface area (Å²) in [7, 11) is 0. The highest BCUT2D eigenvalue weighted by atomic mass is 32.2. The summed E-state index contributed by atoms with van der Waals surface area (Å²) >= 11 is 1.33. The lowest BCUT2D eigenvalue weighted by molar-refractivity contribution is 0.616. The fraction of sp³-hybridized carbons (Fsp3) is 0.211. The molecule has 1 heterocycles. The Kier molecular flexibility index (Phi) is 5.46. The molecule has 25 heavy (non-hydrogen) atoms. The molecule has 1 atom stereocenters. The Morgan fingerprint density at radius 3 is 2.56 bits per heavy atom. The first-order valence-corrected chi connectivity index (χ1v) is 8.85. The molecule has 0 N–H and O–H groups in total. The topological polar surface area (TPSA) is 54.5 Å². The largest absolute Gasteiger partial charge is 0.302 e. The number of nitriles is 1. The van der Waals surface area contributed by atoms with E-state index in [1.165, 1.54) is 23.4 Å². The van der Waals surface area contributed by atoms with Gasteiger partial charge in [0.25, 0.3) is 0 Å². The zero-order valence-corrected chi connectivity index (χ0v) is 14.6. The molecular weight excluding hydrogens is 335 g/mol. The molecule has 3 aromatic rings. The molecule has 6 heteroatoms. The van der Waals surface area contributed by atoms with E-state index in [0.717, 1.165) is 6.42 Å². The first-order chi connectivity index (χ1) is 12.2. The van der Waals surface area contributed by atoms with Crippen molar-refractivity contribution in [2.75, 3.05) is 0 Å². The highest BCUT2D eigenvalue weighted by Crippen LogP contribution is 2.28. The molecule has 0 aliphatic heterocycles. The van der Waals surface area contributed by atoms with Gasteiger partial charge in [0.15, 0.2) is 11.0 Å². The Bertz CT molecular complexity index is 886. The second kappa shape index (κ2) is 7.95. The summed E-state index contributed by atoms with van der Waals surface area (Å²) in [6, 6.07) is 18.8. The van der Waals surface area contributed by atoms with E-state index in [0.29, 0.717) is 23.1 Å². The lowest BCUT2D eigenvalue weighted by atomic mass is 10.1. The van der Waals surface area contributed by atoms with Crippen LogP contribution in [0.4, 0.5) is 4.39 Å². The fourth-order valence-electron chi connectivity index (χ4n) is 2.49. The molecule has 3 rings (SSSR count). The van der Waals surface area contributed by atoms with Gasteiger partial charge >= 0.3 is 0 Å². The average molecular weight is 352 g/mol. The Hall–Kier alpha value is -2.65. The summed E-state index contributed by atoms with van der Waals surface area (Å²) in [6.07, 6.45) is 0.773. The molecule has 0 amide bonds. The molecule has 0 bridgehead atoms. The van der Waals surface area contributed by atoms with E-state index in [1.54, 1.807) is 18.2 Å². The van der Waals surface area contributed by atoms with Gasteiger partial charge in [-0.1, -0.05) is 54.2 Å². The van der Waals surface area contributed by atoms with Crippen LogP contribution >= 0.6 is 11.8 Å². The van der Waals surface area contributed by atoms with Gasteiger partial charge in [-0.2, -0.15) is 5.26 Å². The van der Waals surface area contributed by atoms with Gasteiger partial charge < -0.3 is 4.57 Å². The van der Waals surface area contributed by atoms with E-state index in [2.05, 4.69) is 28.4 Å². The van der Waals surface area contributed by atoms with Crippen LogP contribution in [-0.4, -0.2) is 20.0 Å². The average Bonchev–Trinajstić information content (AvgIpc) is 3.03. The van der Waals surface area contributed by atoms with E-state index in [9.17, 15) is 4.39 Å². The Morgan fingerprint density at radius 2 is 1.84 bits per heavy atom. The van der Waals surface area contributed by atoms with Crippen molar-refractivity contribution in [1.29, 1.82) is 5.26 Å². The van der Waals surface area contributed by atoms with E-state index in [-0.39, 0.29) is 11.1 Å². The molecule has 0 aliphatic carbocycles. The summed E-state index contributed by atoms with van der Waals surface area (Å²) in [4.78, 5) is 0. The summed E-state index contributed by atoms with van der Waals surface area (Å²) in [6.45, 7) is 2.42. The minimum atomic E-state index is -0.333. The molecule has 0 spiro atoms. The molecular formula is C19H17FN4S. The van der Waals surface area contributed by atoms with Crippen LogP contribution in [0.15, 0.2) is 59.8 Å². The lowest BCUT2D eigenvalue weighted by Gasteiger charge is -2.11. The third-order valence-corrected chi connectivity index (χ3v) is 4.73. The van der Waals surface area contributed by atoms with Crippen molar-refractivity contribution in [2.24, 2.45) is 0 Å². The van der Waals surface area contributed by atoms with Gasteiger partial charge in [-0.25, -0.2) is 4.39 Å². The number of benzene rings is 2. The van der Waals surface area contributed by atoms with Crippen molar-refractivity contribution in [3.05, 3.63) is 66.0 Å². The SMILES string of the molecule is CC(C#N)Sc1nnc(-c2ccccc2F)n1CCc1ccccc1. The van der Waals surface area contributed by atoms with Crippen LogP contribution in [0, 0.1) is 17.1 Å². The number of thioether (sulfide) groups is 1. The second-order valence-electron chi connectivity index (χ2n) is 5.56. The monoisotopic (exact) mass is 352 g/mol. The molecule has 126 valence electrons. The smallest absolute Gasteiger partial charge is 0.192 e. The number of aryl methyl sites for hydroxylation is 1. The number of rotatable bonds is 6. The predicted octanol–water partition coefficient (Wildman–Crippen LogP) is 4.33. The maximum absolute atomic E-state index is 14.2. The van der Waals surface area contributed by atoms with Gasteiger partial charge in [0.2, 0.25) is 0 Å². The van der Waals surface area contributed by atoms with Gasteiger partial charge in [-0.15, -0.1) is 10.2 Å². The van der Waals surface area contributed by atoms with Gasteiger partial charge in [0, 0.05) is 6.54 Å². The summed E-state index contributed by atoms with van der Waals surface area (Å²) in [5.74, 6) is 0.155. The maximum atomic E-state index is 14.2. The predicted molar refractivity (Wildman–Crippen MR) is 96.5 cm³/mol.